The number of fused-ring (bicyclic) bond motifs is 2. The molecule has 224 valence electrons. The number of ether oxygens (including phenoxy) is 2. The molecule has 0 aliphatic carbocycles. The topological polar surface area (TPSA) is 174 Å². The highest BCUT2D eigenvalue weighted by atomic mass is 16.5. The second kappa shape index (κ2) is 13.5. The van der Waals surface area contributed by atoms with E-state index in [0.29, 0.717) is 75.6 Å². The van der Waals surface area contributed by atoms with Crippen molar-refractivity contribution in [1.82, 2.24) is 39.9 Å². The molecule has 0 spiro atoms. The zero-order valence-electron chi connectivity index (χ0n) is 24.7. The third kappa shape index (κ3) is 6.36. The third-order valence-electron chi connectivity index (χ3n) is 6.48. The molecule has 0 saturated carbocycles. The largest absolute Gasteiger partial charge is 0.496 e. The fourth-order valence-corrected chi connectivity index (χ4v) is 4.28. The van der Waals surface area contributed by atoms with E-state index in [1.54, 1.807) is 20.2 Å². The number of benzene rings is 2. The predicted octanol–water partition coefficient (Wildman–Crippen LogP) is 4.16. The summed E-state index contributed by atoms with van der Waals surface area (Å²) in [5.74, 6) is 3.26. The smallest absolute Gasteiger partial charge is 0.262 e. The maximum atomic E-state index is 12.3. The molecule has 13 heteroatoms. The lowest BCUT2D eigenvalue weighted by atomic mass is 10.2. The van der Waals surface area contributed by atoms with Gasteiger partial charge in [0, 0.05) is 25.9 Å². The quantitative estimate of drug-likeness (QED) is 0.231. The zero-order valence-corrected chi connectivity index (χ0v) is 24.7. The number of rotatable bonds is 8. The van der Waals surface area contributed by atoms with Crippen molar-refractivity contribution >= 4 is 28.0 Å². The molecule has 0 amide bonds. The Bertz CT molecular complexity index is 2040. The highest BCUT2D eigenvalue weighted by Crippen LogP contribution is 2.28. The van der Waals surface area contributed by atoms with Crippen LogP contribution in [-0.2, 0) is 6.42 Å². The summed E-state index contributed by atoms with van der Waals surface area (Å²) in [6.07, 6.45) is 4.57. The number of nitrogens with zero attached hydrogens (tertiary/aromatic N) is 6. The van der Waals surface area contributed by atoms with E-state index in [4.69, 9.17) is 9.47 Å². The van der Waals surface area contributed by atoms with E-state index < -0.39 is 0 Å². The van der Waals surface area contributed by atoms with Crippen molar-refractivity contribution in [2.24, 2.45) is 0 Å². The van der Waals surface area contributed by atoms with Crippen LogP contribution >= 0.6 is 0 Å². The van der Waals surface area contributed by atoms with Gasteiger partial charge in [0.25, 0.3) is 11.1 Å². The monoisotopic (exact) mass is 593 g/mol. The van der Waals surface area contributed by atoms with Gasteiger partial charge in [-0.2, -0.15) is 4.98 Å². The molecular weight excluding hydrogens is 562 g/mol. The summed E-state index contributed by atoms with van der Waals surface area (Å²) >= 11 is 0. The van der Waals surface area contributed by atoms with Gasteiger partial charge in [-0.05, 0) is 30.7 Å². The molecule has 44 heavy (non-hydrogen) atoms. The van der Waals surface area contributed by atoms with E-state index in [1.165, 1.54) is 12.4 Å². The van der Waals surface area contributed by atoms with Crippen LogP contribution in [0.3, 0.4) is 0 Å². The SMILES string of the molecule is CCCOc1ccccc1-c1nc2nc(CC)ncc2c(=O)[nH]1.CNc1ncc2c(=O)[nH]c(-c3ccccc3OC)nc2n1. The Labute approximate surface area is 251 Å². The first-order valence-electron chi connectivity index (χ1n) is 14.0. The summed E-state index contributed by atoms with van der Waals surface area (Å²) < 4.78 is 11.0. The van der Waals surface area contributed by atoms with Gasteiger partial charge in [0.2, 0.25) is 5.95 Å². The molecule has 0 unspecified atom stereocenters. The number of aromatic nitrogens is 8. The van der Waals surface area contributed by atoms with Gasteiger partial charge in [0.05, 0.1) is 24.8 Å². The van der Waals surface area contributed by atoms with Crippen molar-refractivity contribution in [3.05, 3.63) is 87.5 Å². The van der Waals surface area contributed by atoms with Gasteiger partial charge in [-0.25, -0.2) is 24.9 Å². The fourth-order valence-electron chi connectivity index (χ4n) is 4.28. The molecule has 2 aromatic carbocycles. The Morgan fingerprint density at radius 3 is 1.91 bits per heavy atom. The van der Waals surface area contributed by atoms with Crippen LogP contribution in [0.5, 0.6) is 11.5 Å². The molecule has 6 rings (SSSR count). The van der Waals surface area contributed by atoms with Gasteiger partial charge >= 0.3 is 0 Å². The molecular formula is C31H31N9O4. The summed E-state index contributed by atoms with van der Waals surface area (Å²) in [5, 5.41) is 3.55. The molecule has 0 aliphatic heterocycles. The number of anilines is 1. The van der Waals surface area contributed by atoms with E-state index in [2.05, 4.69) is 45.2 Å². The average molecular weight is 594 g/mol. The average Bonchev–Trinajstić information content (AvgIpc) is 3.07. The Hall–Kier alpha value is -5.72. The Morgan fingerprint density at radius 2 is 1.32 bits per heavy atom. The first-order chi connectivity index (χ1) is 21.4. The van der Waals surface area contributed by atoms with Crippen LogP contribution in [0, 0.1) is 0 Å². The molecule has 0 fully saturated rings. The molecule has 0 bridgehead atoms. The Balaban J connectivity index is 0.000000175. The number of aryl methyl sites for hydroxylation is 1. The Morgan fingerprint density at radius 1 is 0.750 bits per heavy atom. The van der Waals surface area contributed by atoms with E-state index in [1.807, 2.05) is 56.3 Å². The summed E-state index contributed by atoms with van der Waals surface area (Å²) in [7, 11) is 3.27. The van der Waals surface area contributed by atoms with Crippen LogP contribution in [0.2, 0.25) is 0 Å². The van der Waals surface area contributed by atoms with Gasteiger partial charge in [-0.15, -0.1) is 0 Å². The minimum Gasteiger partial charge on any atom is -0.496 e. The van der Waals surface area contributed by atoms with Crippen molar-refractivity contribution in [2.45, 2.75) is 26.7 Å². The number of H-pyrrole nitrogens is 2. The summed E-state index contributed by atoms with van der Waals surface area (Å²) in [5.41, 5.74) is 1.64. The van der Waals surface area contributed by atoms with Gasteiger partial charge in [-0.1, -0.05) is 38.1 Å². The normalized spacial score (nSPS) is 10.7. The van der Waals surface area contributed by atoms with E-state index >= 15 is 0 Å². The van der Waals surface area contributed by atoms with Crippen molar-refractivity contribution in [1.29, 1.82) is 0 Å². The highest BCUT2D eigenvalue weighted by molar-refractivity contribution is 5.77. The van der Waals surface area contributed by atoms with Crippen molar-refractivity contribution in [2.75, 3.05) is 26.1 Å². The van der Waals surface area contributed by atoms with Gasteiger partial charge in [-0.3, -0.25) is 9.59 Å². The standard InChI is InChI=1S/C17H18N4O2.C14H13N5O2/c1-3-9-23-13-8-6-5-7-11(13)15-20-16-12(17(22)21-15)10-18-14(4-2)19-16;1-15-14-16-7-9-12(19-14)17-11(18-13(9)20)8-5-3-4-6-10(8)21-2/h5-8,10H,3-4,9H2,1-2H3,(H,18,19,20,21,22);3-7H,1-2H3,(H2,15,16,17,18,19,20). The zero-order chi connectivity index (χ0) is 31.1. The number of methoxy groups -OCH3 is 1. The number of aromatic amines is 2. The Kier molecular flexibility index (Phi) is 9.13. The molecule has 0 atom stereocenters. The van der Waals surface area contributed by atoms with Crippen LogP contribution in [0.15, 0.2) is 70.5 Å². The van der Waals surface area contributed by atoms with Gasteiger partial charge < -0.3 is 24.8 Å². The first-order valence-corrected chi connectivity index (χ1v) is 14.0. The van der Waals surface area contributed by atoms with Crippen molar-refractivity contribution in [3.63, 3.8) is 0 Å². The number of hydrogen-bond acceptors (Lipinski definition) is 11. The molecule has 0 aliphatic rings. The maximum absolute atomic E-state index is 12.3. The molecule has 4 aromatic heterocycles. The summed E-state index contributed by atoms with van der Waals surface area (Å²) in [6, 6.07) is 14.8. The summed E-state index contributed by atoms with van der Waals surface area (Å²) in [6.45, 7) is 4.61. The number of nitrogens with one attached hydrogen (secondary N) is 3. The highest BCUT2D eigenvalue weighted by Gasteiger charge is 2.13. The van der Waals surface area contributed by atoms with Gasteiger partial charge in [0.1, 0.15) is 39.7 Å². The van der Waals surface area contributed by atoms with E-state index in [-0.39, 0.29) is 11.1 Å². The number of hydrogen-bond donors (Lipinski definition) is 3. The fraction of sp³-hybridized carbons (Fsp3) is 0.226. The van der Waals surface area contributed by atoms with Crippen LogP contribution in [-0.4, -0.2) is 60.6 Å². The minimum atomic E-state index is -0.288. The lowest BCUT2D eigenvalue weighted by molar-refractivity contribution is 0.318. The first kappa shape index (κ1) is 29.8. The van der Waals surface area contributed by atoms with Crippen LogP contribution in [0.1, 0.15) is 26.1 Å². The number of para-hydroxylation sites is 2. The van der Waals surface area contributed by atoms with Crippen LogP contribution < -0.4 is 25.9 Å². The second-order valence-corrected chi connectivity index (χ2v) is 9.43. The van der Waals surface area contributed by atoms with Crippen LogP contribution in [0.4, 0.5) is 5.95 Å². The second-order valence-electron chi connectivity index (χ2n) is 9.43. The molecule has 0 radical (unpaired) electrons. The molecule has 4 heterocycles. The predicted molar refractivity (Wildman–Crippen MR) is 168 cm³/mol. The summed E-state index contributed by atoms with van der Waals surface area (Å²) in [4.78, 5) is 55.6. The molecule has 3 N–H and O–H groups in total. The molecule has 0 saturated heterocycles. The lowest BCUT2D eigenvalue weighted by Crippen LogP contribution is -2.12. The third-order valence-corrected chi connectivity index (χ3v) is 6.48. The van der Waals surface area contributed by atoms with Gasteiger partial charge in [0.15, 0.2) is 11.3 Å². The molecule has 6 aromatic rings. The van der Waals surface area contributed by atoms with E-state index in [0.717, 1.165) is 12.0 Å². The van der Waals surface area contributed by atoms with Crippen molar-refractivity contribution < 1.29 is 9.47 Å². The maximum Gasteiger partial charge on any atom is 0.262 e. The molecule has 13 nitrogen and oxygen atoms in total. The lowest BCUT2D eigenvalue weighted by Gasteiger charge is -2.10. The van der Waals surface area contributed by atoms with Crippen molar-refractivity contribution in [3.8, 4) is 34.3 Å². The van der Waals surface area contributed by atoms with E-state index in [9.17, 15) is 9.59 Å². The van der Waals surface area contributed by atoms with Crippen LogP contribution in [0.25, 0.3) is 44.8 Å². The minimum absolute atomic E-state index is 0.252.